The molecule has 0 N–H and O–H groups in total. The second kappa shape index (κ2) is 19.4. The fourth-order valence-corrected chi connectivity index (χ4v) is 0.642. The Labute approximate surface area is 118 Å². The molecule has 15 heavy (non-hydrogen) atoms. The monoisotopic (exact) mass is 299 g/mol. The molecular formula is C12H16ClNZr. The Bertz CT molecular complexity index is 167. The molecule has 0 atom stereocenters. The molecular weight excluding hydrogens is 285 g/mol. The van der Waals surface area contributed by atoms with Gasteiger partial charge in [0, 0.05) is 0 Å². The van der Waals surface area contributed by atoms with Gasteiger partial charge in [-0.1, -0.05) is 0 Å². The van der Waals surface area contributed by atoms with Gasteiger partial charge in [0.05, 0.1) is 0 Å². The molecule has 0 fully saturated rings. The van der Waals surface area contributed by atoms with Crippen molar-refractivity contribution in [3.63, 3.8) is 0 Å². The van der Waals surface area contributed by atoms with E-state index in [1.54, 1.807) is 14.1 Å². The maximum Gasteiger partial charge on any atom is 4.00 e. The Morgan fingerprint density at radius 1 is 0.733 bits per heavy atom. The maximum atomic E-state index is 3.50. The predicted molar refractivity (Wildman–Crippen MR) is 59.3 cm³/mol. The van der Waals surface area contributed by atoms with E-state index in [0.717, 1.165) is 0 Å². The van der Waals surface area contributed by atoms with Gasteiger partial charge in [-0.15, -0.1) is 0 Å². The average Bonchev–Trinajstić information content (AvgIpc) is 2.85. The number of rotatable bonds is 0. The predicted octanol–water partition coefficient (Wildman–Crippen LogP) is 0.432. The van der Waals surface area contributed by atoms with E-state index in [1.807, 2.05) is 60.7 Å². The minimum absolute atomic E-state index is 0. The van der Waals surface area contributed by atoms with Crippen LogP contribution in [0.5, 0.6) is 0 Å². The standard InChI is InChI=1S/2C5H5.C2H6N.ClH.Zr/c2*1-2-4-5-3-1;1-3-2;;/h2*1-5H;1-2H3;1H;/q3*-1;;+4/p-1. The molecule has 0 aliphatic heterocycles. The molecule has 1 nitrogen and oxygen atoms in total. The summed E-state index contributed by atoms with van der Waals surface area (Å²) in [6.45, 7) is 0. The van der Waals surface area contributed by atoms with Gasteiger partial charge in [0.2, 0.25) is 0 Å². The van der Waals surface area contributed by atoms with Gasteiger partial charge in [-0.05, 0) is 0 Å². The van der Waals surface area contributed by atoms with Crippen molar-refractivity contribution >= 4 is 0 Å². The van der Waals surface area contributed by atoms with Crippen LogP contribution in [0.1, 0.15) is 0 Å². The topological polar surface area (TPSA) is 14.1 Å². The Balaban J connectivity index is -0.000000140. The summed E-state index contributed by atoms with van der Waals surface area (Å²) in [6, 6.07) is 20.0. The Hall–Kier alpha value is -0.167. The third-order valence-electron chi connectivity index (χ3n) is 1.11. The van der Waals surface area contributed by atoms with Crippen molar-refractivity contribution < 1.29 is 38.6 Å². The summed E-state index contributed by atoms with van der Waals surface area (Å²) in [5.41, 5.74) is 0. The van der Waals surface area contributed by atoms with E-state index in [0.29, 0.717) is 0 Å². The first-order chi connectivity index (χ1) is 6.41. The van der Waals surface area contributed by atoms with E-state index in [-0.39, 0.29) is 38.6 Å². The van der Waals surface area contributed by atoms with Gasteiger partial charge in [0.25, 0.3) is 0 Å². The van der Waals surface area contributed by atoms with Gasteiger partial charge in [0.15, 0.2) is 0 Å². The molecule has 0 bridgehead atoms. The molecule has 0 unspecified atom stereocenters. The van der Waals surface area contributed by atoms with Gasteiger partial charge in [-0.2, -0.15) is 50.5 Å². The molecule has 0 aliphatic rings. The van der Waals surface area contributed by atoms with Crippen LogP contribution in [-0.2, 0) is 26.2 Å². The summed E-state index contributed by atoms with van der Waals surface area (Å²) >= 11 is 0. The molecule has 0 aromatic heterocycles. The SMILES string of the molecule is C[N-]C.[Cl-].[Zr+4].c1cc[cH-]c1.c1cc[cH-]c1. The number of nitrogens with zero attached hydrogens (tertiary/aromatic N) is 1. The van der Waals surface area contributed by atoms with Crippen molar-refractivity contribution in [2.45, 2.75) is 0 Å². The van der Waals surface area contributed by atoms with Crippen LogP contribution in [0.25, 0.3) is 5.32 Å². The zero-order chi connectivity index (χ0) is 9.78. The zero-order valence-electron chi connectivity index (χ0n) is 9.10. The molecule has 0 saturated carbocycles. The van der Waals surface area contributed by atoms with E-state index in [4.69, 9.17) is 0 Å². The van der Waals surface area contributed by atoms with E-state index in [2.05, 4.69) is 5.32 Å². The van der Waals surface area contributed by atoms with Gasteiger partial charge < -0.3 is 17.7 Å². The van der Waals surface area contributed by atoms with Gasteiger partial charge in [-0.25, -0.2) is 24.3 Å². The molecule has 0 spiro atoms. The first-order valence-corrected chi connectivity index (χ1v) is 4.23. The minimum Gasteiger partial charge on any atom is -1.00 e. The molecule has 0 aliphatic carbocycles. The zero-order valence-corrected chi connectivity index (χ0v) is 12.3. The third kappa shape index (κ3) is 20.0. The van der Waals surface area contributed by atoms with Gasteiger partial charge in [-0.3, -0.25) is 0 Å². The summed E-state index contributed by atoms with van der Waals surface area (Å²) < 4.78 is 0. The number of halogens is 1. The summed E-state index contributed by atoms with van der Waals surface area (Å²) in [5.74, 6) is 0. The summed E-state index contributed by atoms with van der Waals surface area (Å²) in [6.07, 6.45) is 0. The van der Waals surface area contributed by atoms with Crippen LogP contribution in [0.4, 0.5) is 0 Å². The molecule has 80 valence electrons. The van der Waals surface area contributed by atoms with Crippen molar-refractivity contribution in [2.75, 3.05) is 14.1 Å². The van der Waals surface area contributed by atoms with E-state index < -0.39 is 0 Å². The van der Waals surface area contributed by atoms with Crippen LogP contribution >= 0.6 is 0 Å². The van der Waals surface area contributed by atoms with Crippen molar-refractivity contribution in [3.05, 3.63) is 66.0 Å². The normalized spacial score (nSPS) is 6.53. The van der Waals surface area contributed by atoms with Crippen LogP contribution in [0.2, 0.25) is 0 Å². The van der Waals surface area contributed by atoms with Crippen LogP contribution in [0, 0.1) is 0 Å². The molecule has 2 aromatic rings. The van der Waals surface area contributed by atoms with Crippen molar-refractivity contribution in [2.24, 2.45) is 0 Å². The Morgan fingerprint density at radius 2 is 0.933 bits per heavy atom. The fourth-order valence-electron chi connectivity index (χ4n) is 0.642. The Morgan fingerprint density at radius 3 is 1.00 bits per heavy atom. The molecule has 0 heterocycles. The smallest absolute Gasteiger partial charge is 1.00 e. The second-order valence-corrected chi connectivity index (χ2v) is 2.37. The molecule has 2 aromatic carbocycles. The summed E-state index contributed by atoms with van der Waals surface area (Å²) in [4.78, 5) is 0. The van der Waals surface area contributed by atoms with Crippen LogP contribution in [0.15, 0.2) is 60.7 Å². The average molecular weight is 301 g/mol. The van der Waals surface area contributed by atoms with Crippen molar-refractivity contribution in [3.8, 4) is 0 Å². The van der Waals surface area contributed by atoms with Crippen LogP contribution < -0.4 is 12.4 Å². The quantitative estimate of drug-likeness (QED) is 0.627. The molecule has 2 rings (SSSR count). The molecule has 0 saturated heterocycles. The number of hydrogen-bond acceptors (Lipinski definition) is 0. The van der Waals surface area contributed by atoms with Gasteiger partial charge >= 0.3 is 26.2 Å². The molecule has 0 amide bonds. The molecule has 0 radical (unpaired) electrons. The Kier molecular flexibility index (Phi) is 26.2. The van der Waals surface area contributed by atoms with Crippen molar-refractivity contribution in [1.82, 2.24) is 0 Å². The van der Waals surface area contributed by atoms with E-state index in [1.165, 1.54) is 0 Å². The number of hydrogen-bond donors (Lipinski definition) is 0. The first-order valence-electron chi connectivity index (χ1n) is 4.23. The summed E-state index contributed by atoms with van der Waals surface area (Å²) in [5, 5.41) is 3.50. The summed E-state index contributed by atoms with van der Waals surface area (Å²) in [7, 11) is 3.50. The second-order valence-electron chi connectivity index (χ2n) is 2.37. The maximum absolute atomic E-state index is 3.50. The molecule has 3 heteroatoms. The van der Waals surface area contributed by atoms with Crippen LogP contribution in [-0.4, -0.2) is 14.1 Å². The fraction of sp³-hybridized carbons (Fsp3) is 0.167. The first kappa shape index (κ1) is 20.3. The van der Waals surface area contributed by atoms with E-state index in [9.17, 15) is 0 Å². The van der Waals surface area contributed by atoms with Gasteiger partial charge in [0.1, 0.15) is 0 Å². The minimum atomic E-state index is 0. The van der Waals surface area contributed by atoms with Crippen LogP contribution in [0.3, 0.4) is 0 Å². The van der Waals surface area contributed by atoms with Crippen molar-refractivity contribution in [1.29, 1.82) is 0 Å². The third-order valence-corrected chi connectivity index (χ3v) is 1.11. The largest absolute Gasteiger partial charge is 4.00 e. The van der Waals surface area contributed by atoms with E-state index >= 15 is 0 Å².